The fraction of sp³-hybridized carbons (Fsp3) is 0.833. The van der Waals surface area contributed by atoms with Crippen molar-refractivity contribution in [3.05, 3.63) is 12.2 Å². The van der Waals surface area contributed by atoms with Gasteiger partial charge in [0.05, 0.1) is 6.54 Å². The average molecular weight is 316 g/mol. The summed E-state index contributed by atoms with van der Waals surface area (Å²) >= 11 is 0. The first kappa shape index (κ1) is 16.3. The molecule has 1 saturated heterocycles. The summed E-state index contributed by atoms with van der Waals surface area (Å²) in [6.07, 6.45) is 4.43. The van der Waals surface area contributed by atoms with Crippen LogP contribution < -0.4 is 10.0 Å². The summed E-state index contributed by atoms with van der Waals surface area (Å²) < 4.78 is 28.7. The fourth-order valence-corrected chi connectivity index (χ4v) is 3.74. The molecule has 1 aliphatic heterocycles. The lowest BCUT2D eigenvalue weighted by molar-refractivity contribution is 0.258. The average Bonchev–Trinajstić information content (AvgIpc) is 2.99. The van der Waals surface area contributed by atoms with Crippen molar-refractivity contribution >= 4 is 10.2 Å². The zero-order chi connectivity index (χ0) is 15.1. The van der Waals surface area contributed by atoms with E-state index in [9.17, 15) is 8.42 Å². The van der Waals surface area contributed by atoms with Crippen LogP contribution in [0.5, 0.6) is 0 Å². The Morgan fingerprint density at radius 1 is 1.52 bits per heavy atom. The molecule has 2 rings (SSSR count). The molecule has 0 bridgehead atoms. The zero-order valence-electron chi connectivity index (χ0n) is 12.4. The molecular formula is C12H24N6O2S. The minimum absolute atomic E-state index is 0.136. The van der Waals surface area contributed by atoms with Gasteiger partial charge in [-0.1, -0.05) is 6.92 Å². The van der Waals surface area contributed by atoms with Crippen LogP contribution >= 0.6 is 0 Å². The highest BCUT2D eigenvalue weighted by Gasteiger charge is 2.28. The third-order valence-corrected chi connectivity index (χ3v) is 5.09. The van der Waals surface area contributed by atoms with Gasteiger partial charge in [0.2, 0.25) is 0 Å². The van der Waals surface area contributed by atoms with Gasteiger partial charge in [-0.25, -0.2) is 4.98 Å². The smallest absolute Gasteiger partial charge is 0.279 e. The Bertz CT molecular complexity index is 504. The number of hydrogen-bond acceptors (Lipinski definition) is 5. The van der Waals surface area contributed by atoms with Crippen molar-refractivity contribution in [2.24, 2.45) is 5.92 Å². The predicted octanol–water partition coefficient (Wildman–Crippen LogP) is -0.149. The Labute approximate surface area is 125 Å². The van der Waals surface area contributed by atoms with Crippen molar-refractivity contribution in [1.82, 2.24) is 29.5 Å². The monoisotopic (exact) mass is 316 g/mol. The van der Waals surface area contributed by atoms with Crippen LogP contribution in [0.2, 0.25) is 0 Å². The zero-order valence-corrected chi connectivity index (χ0v) is 13.2. The fourth-order valence-electron chi connectivity index (χ4n) is 2.46. The minimum atomic E-state index is -3.46. The lowest BCUT2D eigenvalue weighted by Gasteiger charge is -2.32. The summed E-state index contributed by atoms with van der Waals surface area (Å²) in [7, 11) is -3.46. The molecule has 0 spiro atoms. The molecule has 0 aromatic carbocycles. The van der Waals surface area contributed by atoms with E-state index in [2.05, 4.69) is 32.1 Å². The highest BCUT2D eigenvalue weighted by atomic mass is 32.2. The lowest BCUT2D eigenvalue weighted by Crippen LogP contribution is -2.47. The van der Waals surface area contributed by atoms with Crippen molar-refractivity contribution < 1.29 is 8.42 Å². The molecule has 1 aromatic rings. The number of aromatic amines is 1. The summed E-state index contributed by atoms with van der Waals surface area (Å²) in [6.45, 7) is 5.27. The molecule has 0 amide bonds. The van der Waals surface area contributed by atoms with Gasteiger partial charge in [-0.3, -0.25) is 5.10 Å². The SMILES string of the molecule is CCCNCC1CCCN(S(=O)(=O)NCc2ncn[nH]2)C1. The summed E-state index contributed by atoms with van der Waals surface area (Å²) in [5.41, 5.74) is 0. The number of nitrogens with one attached hydrogen (secondary N) is 3. The van der Waals surface area contributed by atoms with Gasteiger partial charge in [0.25, 0.3) is 10.2 Å². The van der Waals surface area contributed by atoms with E-state index in [1.807, 2.05) is 0 Å². The molecule has 9 heteroatoms. The van der Waals surface area contributed by atoms with Gasteiger partial charge in [0, 0.05) is 13.1 Å². The maximum absolute atomic E-state index is 12.3. The van der Waals surface area contributed by atoms with Crippen molar-refractivity contribution in [1.29, 1.82) is 0 Å². The van der Waals surface area contributed by atoms with Gasteiger partial charge < -0.3 is 5.32 Å². The number of H-pyrrole nitrogens is 1. The highest BCUT2D eigenvalue weighted by Crippen LogP contribution is 2.18. The molecule has 8 nitrogen and oxygen atoms in total. The van der Waals surface area contributed by atoms with Crippen LogP contribution in [0.15, 0.2) is 6.33 Å². The number of hydrogen-bond donors (Lipinski definition) is 3. The number of nitrogens with zero attached hydrogens (tertiary/aromatic N) is 3. The van der Waals surface area contributed by atoms with Gasteiger partial charge in [-0.2, -0.15) is 22.5 Å². The number of aromatic nitrogens is 3. The summed E-state index contributed by atoms with van der Waals surface area (Å²) in [5, 5.41) is 9.70. The second kappa shape index (κ2) is 7.83. The van der Waals surface area contributed by atoms with Crippen LogP contribution in [-0.4, -0.2) is 54.1 Å². The van der Waals surface area contributed by atoms with Gasteiger partial charge in [-0.05, 0) is 38.3 Å². The van der Waals surface area contributed by atoms with E-state index in [4.69, 9.17) is 0 Å². The summed E-state index contributed by atoms with van der Waals surface area (Å²) in [6, 6.07) is 0. The Kier molecular flexibility index (Phi) is 6.09. The van der Waals surface area contributed by atoms with Gasteiger partial charge in [0.1, 0.15) is 12.2 Å². The highest BCUT2D eigenvalue weighted by molar-refractivity contribution is 7.87. The molecule has 1 unspecified atom stereocenters. The number of piperidine rings is 1. The number of rotatable bonds is 8. The van der Waals surface area contributed by atoms with Crippen LogP contribution in [0.4, 0.5) is 0 Å². The van der Waals surface area contributed by atoms with Crippen LogP contribution in [-0.2, 0) is 16.8 Å². The van der Waals surface area contributed by atoms with E-state index >= 15 is 0 Å². The van der Waals surface area contributed by atoms with E-state index in [1.165, 1.54) is 10.6 Å². The molecule has 1 atom stereocenters. The molecule has 1 fully saturated rings. The Hall–Kier alpha value is -1.03. The quantitative estimate of drug-likeness (QED) is 0.579. The van der Waals surface area contributed by atoms with Gasteiger partial charge >= 0.3 is 0 Å². The minimum Gasteiger partial charge on any atom is -0.316 e. The molecular weight excluding hydrogens is 292 g/mol. The molecule has 0 radical (unpaired) electrons. The molecule has 21 heavy (non-hydrogen) atoms. The van der Waals surface area contributed by atoms with Crippen LogP contribution in [0, 0.1) is 5.92 Å². The molecule has 0 aliphatic carbocycles. The van der Waals surface area contributed by atoms with E-state index in [1.54, 1.807) is 0 Å². The first-order chi connectivity index (χ1) is 10.1. The van der Waals surface area contributed by atoms with Crippen LogP contribution in [0.3, 0.4) is 0 Å². The lowest BCUT2D eigenvalue weighted by atomic mass is 10.00. The van der Waals surface area contributed by atoms with E-state index in [0.717, 1.165) is 32.4 Å². The molecule has 120 valence electrons. The Balaban J connectivity index is 1.83. The van der Waals surface area contributed by atoms with Crippen molar-refractivity contribution in [3.63, 3.8) is 0 Å². The molecule has 1 aromatic heterocycles. The summed E-state index contributed by atoms with van der Waals surface area (Å²) in [4.78, 5) is 3.91. The third kappa shape index (κ3) is 5.03. The maximum Gasteiger partial charge on any atom is 0.279 e. The first-order valence-electron chi connectivity index (χ1n) is 7.41. The maximum atomic E-state index is 12.3. The Morgan fingerprint density at radius 2 is 2.38 bits per heavy atom. The van der Waals surface area contributed by atoms with E-state index < -0.39 is 10.2 Å². The largest absolute Gasteiger partial charge is 0.316 e. The third-order valence-electron chi connectivity index (χ3n) is 3.57. The molecule has 0 saturated carbocycles. The Morgan fingerprint density at radius 3 is 3.10 bits per heavy atom. The van der Waals surface area contributed by atoms with Crippen molar-refractivity contribution in [2.45, 2.75) is 32.7 Å². The first-order valence-corrected chi connectivity index (χ1v) is 8.85. The normalized spacial score (nSPS) is 20.7. The second-order valence-electron chi connectivity index (χ2n) is 5.33. The topological polar surface area (TPSA) is 103 Å². The van der Waals surface area contributed by atoms with Crippen LogP contribution in [0.1, 0.15) is 32.0 Å². The van der Waals surface area contributed by atoms with Crippen molar-refractivity contribution in [2.75, 3.05) is 26.2 Å². The molecule has 3 N–H and O–H groups in total. The van der Waals surface area contributed by atoms with E-state index in [-0.39, 0.29) is 6.54 Å². The van der Waals surface area contributed by atoms with E-state index in [0.29, 0.717) is 24.8 Å². The van der Waals surface area contributed by atoms with Gasteiger partial charge in [0.15, 0.2) is 0 Å². The molecule has 2 heterocycles. The summed E-state index contributed by atoms with van der Waals surface area (Å²) in [5.74, 6) is 0.893. The standard InChI is InChI=1S/C12H24N6O2S/c1-2-5-13-7-11-4-3-6-18(9-11)21(19,20)16-8-12-14-10-15-17-12/h10-11,13,16H,2-9H2,1H3,(H,14,15,17). The van der Waals surface area contributed by atoms with Gasteiger partial charge in [-0.15, -0.1) is 0 Å². The predicted molar refractivity (Wildman–Crippen MR) is 79.6 cm³/mol. The van der Waals surface area contributed by atoms with Crippen LogP contribution in [0.25, 0.3) is 0 Å². The molecule has 1 aliphatic rings. The van der Waals surface area contributed by atoms with Crippen molar-refractivity contribution in [3.8, 4) is 0 Å². The second-order valence-corrected chi connectivity index (χ2v) is 7.08.